The predicted octanol–water partition coefficient (Wildman–Crippen LogP) is 2.96. The lowest BCUT2D eigenvalue weighted by Gasteiger charge is -2.34. The highest BCUT2D eigenvalue weighted by atomic mass is 16.6. The Morgan fingerprint density at radius 1 is 1.07 bits per heavy atom. The number of rotatable bonds is 4. The molecule has 0 aromatic heterocycles. The van der Waals surface area contributed by atoms with E-state index in [2.05, 4.69) is 5.32 Å². The second-order valence-electron chi connectivity index (χ2n) is 7.17. The Kier molecular flexibility index (Phi) is 5.55. The molecule has 0 bridgehead atoms. The van der Waals surface area contributed by atoms with Gasteiger partial charge in [0.25, 0.3) is 5.91 Å². The molecule has 29 heavy (non-hydrogen) atoms. The number of hydrogen-bond donors (Lipinski definition) is 1. The van der Waals surface area contributed by atoms with E-state index in [-0.39, 0.29) is 11.9 Å². The first-order chi connectivity index (χ1) is 14.1. The molecule has 2 aromatic carbocycles. The fraction of sp³-hybridized carbons (Fsp3) is 0.364. The van der Waals surface area contributed by atoms with E-state index < -0.39 is 5.97 Å². The Labute approximate surface area is 169 Å². The predicted molar refractivity (Wildman–Crippen MR) is 108 cm³/mol. The third-order valence-corrected chi connectivity index (χ3v) is 5.15. The molecular weight excluding hydrogens is 372 g/mol. The van der Waals surface area contributed by atoms with Crippen molar-refractivity contribution in [2.24, 2.45) is 0 Å². The van der Waals surface area contributed by atoms with Crippen molar-refractivity contribution >= 4 is 17.6 Å². The zero-order valence-electron chi connectivity index (χ0n) is 16.3. The molecule has 4 rings (SSSR count). The molecule has 7 heteroatoms. The highest BCUT2D eigenvalue weighted by Gasteiger charge is 2.25. The quantitative estimate of drug-likeness (QED) is 0.801. The molecule has 1 fully saturated rings. The van der Waals surface area contributed by atoms with Crippen molar-refractivity contribution in [2.75, 3.05) is 38.7 Å². The molecule has 0 unspecified atom stereocenters. The van der Waals surface area contributed by atoms with Crippen molar-refractivity contribution in [1.82, 2.24) is 4.90 Å². The van der Waals surface area contributed by atoms with E-state index in [0.29, 0.717) is 37.4 Å². The Hall–Kier alpha value is -3.22. The van der Waals surface area contributed by atoms with Gasteiger partial charge in [-0.25, -0.2) is 4.79 Å². The highest BCUT2D eigenvalue weighted by Crippen LogP contribution is 2.33. The summed E-state index contributed by atoms with van der Waals surface area (Å²) >= 11 is 0. The van der Waals surface area contributed by atoms with Gasteiger partial charge in [0.2, 0.25) is 0 Å². The molecule has 2 aliphatic heterocycles. The fourth-order valence-corrected chi connectivity index (χ4v) is 3.73. The first kappa shape index (κ1) is 19.1. The minimum Gasteiger partial charge on any atom is -0.486 e. The smallest absolute Gasteiger partial charge is 0.337 e. The van der Waals surface area contributed by atoms with Gasteiger partial charge < -0.3 is 24.4 Å². The number of hydrogen-bond acceptors (Lipinski definition) is 6. The lowest BCUT2D eigenvalue weighted by molar-refractivity contribution is 0.0600. The molecule has 0 spiro atoms. The summed E-state index contributed by atoms with van der Waals surface area (Å²) < 4.78 is 16.0. The van der Waals surface area contributed by atoms with Crippen LogP contribution in [-0.4, -0.2) is 56.2 Å². The van der Waals surface area contributed by atoms with Crippen LogP contribution in [-0.2, 0) is 4.74 Å². The maximum Gasteiger partial charge on any atom is 0.337 e. The molecule has 1 amide bonds. The maximum absolute atomic E-state index is 13.0. The van der Waals surface area contributed by atoms with Crippen LogP contribution in [0.4, 0.5) is 5.69 Å². The zero-order chi connectivity index (χ0) is 20.2. The molecule has 152 valence electrons. The van der Waals surface area contributed by atoms with Gasteiger partial charge in [0, 0.05) is 36.4 Å². The van der Waals surface area contributed by atoms with Gasteiger partial charge >= 0.3 is 5.97 Å². The molecule has 1 atom stereocenters. The molecule has 0 saturated carbocycles. The summed E-state index contributed by atoms with van der Waals surface area (Å²) in [7, 11) is 1.33. The number of benzene rings is 2. The molecule has 0 aliphatic carbocycles. The largest absolute Gasteiger partial charge is 0.486 e. The highest BCUT2D eigenvalue weighted by molar-refractivity contribution is 5.98. The van der Waals surface area contributed by atoms with Crippen LogP contribution in [0.3, 0.4) is 0 Å². The summed E-state index contributed by atoms with van der Waals surface area (Å²) in [4.78, 5) is 26.5. The lowest BCUT2D eigenvalue weighted by atomic mass is 10.0. The number of esters is 1. The van der Waals surface area contributed by atoms with E-state index in [9.17, 15) is 9.59 Å². The van der Waals surface area contributed by atoms with Gasteiger partial charge in [-0.2, -0.15) is 0 Å². The van der Waals surface area contributed by atoms with Crippen molar-refractivity contribution in [1.29, 1.82) is 0 Å². The zero-order valence-corrected chi connectivity index (χ0v) is 16.3. The second kappa shape index (κ2) is 8.43. The number of nitrogens with one attached hydrogen (secondary N) is 1. The molecule has 1 N–H and O–H groups in total. The second-order valence-corrected chi connectivity index (χ2v) is 7.17. The SMILES string of the molecule is COC(=O)c1cccc(C(=O)N2CCC[C@@H](Nc3ccc4c(c3)OCCO4)C2)c1. The van der Waals surface area contributed by atoms with Crippen molar-refractivity contribution in [3.05, 3.63) is 53.6 Å². The number of carbonyl (C=O) groups is 2. The van der Waals surface area contributed by atoms with E-state index >= 15 is 0 Å². The van der Waals surface area contributed by atoms with Crippen LogP contribution >= 0.6 is 0 Å². The summed E-state index contributed by atoms with van der Waals surface area (Å²) in [5.74, 6) is 0.971. The van der Waals surface area contributed by atoms with E-state index in [1.807, 2.05) is 23.1 Å². The number of fused-ring (bicyclic) bond motifs is 1. The van der Waals surface area contributed by atoms with Gasteiger partial charge in [0.05, 0.1) is 12.7 Å². The third kappa shape index (κ3) is 4.29. The van der Waals surface area contributed by atoms with Gasteiger partial charge in [-0.3, -0.25) is 4.79 Å². The molecule has 2 aromatic rings. The van der Waals surface area contributed by atoms with E-state index in [1.165, 1.54) is 7.11 Å². The molecule has 2 aliphatic rings. The average Bonchev–Trinajstić information content (AvgIpc) is 2.78. The summed E-state index contributed by atoms with van der Waals surface area (Å²) in [6, 6.07) is 12.6. The van der Waals surface area contributed by atoms with Crippen LogP contribution in [0.25, 0.3) is 0 Å². The lowest BCUT2D eigenvalue weighted by Crippen LogP contribution is -2.45. The summed E-state index contributed by atoms with van der Waals surface area (Å²) in [5, 5.41) is 3.50. The van der Waals surface area contributed by atoms with Crippen molar-refractivity contribution in [3.63, 3.8) is 0 Å². The van der Waals surface area contributed by atoms with Crippen LogP contribution in [0.5, 0.6) is 11.5 Å². The molecule has 0 radical (unpaired) electrons. The van der Waals surface area contributed by atoms with E-state index in [4.69, 9.17) is 14.2 Å². The Balaban J connectivity index is 1.43. The summed E-state index contributed by atoms with van der Waals surface area (Å²) in [5.41, 5.74) is 1.82. The topological polar surface area (TPSA) is 77.1 Å². The van der Waals surface area contributed by atoms with Crippen LogP contribution in [0, 0.1) is 0 Å². The van der Waals surface area contributed by atoms with Crippen molar-refractivity contribution < 1.29 is 23.8 Å². The number of anilines is 1. The number of carbonyl (C=O) groups excluding carboxylic acids is 2. The number of amides is 1. The number of piperidine rings is 1. The first-order valence-electron chi connectivity index (χ1n) is 9.78. The minimum absolute atomic E-state index is 0.0792. The maximum atomic E-state index is 13.0. The number of nitrogens with zero attached hydrogens (tertiary/aromatic N) is 1. The van der Waals surface area contributed by atoms with Crippen LogP contribution < -0.4 is 14.8 Å². The van der Waals surface area contributed by atoms with E-state index in [1.54, 1.807) is 24.3 Å². The normalized spacial score (nSPS) is 18.1. The number of likely N-dealkylation sites (tertiary alicyclic amines) is 1. The number of ether oxygens (including phenoxy) is 3. The summed E-state index contributed by atoms with van der Waals surface area (Å²) in [6.07, 6.45) is 1.88. The minimum atomic E-state index is -0.448. The number of methoxy groups -OCH3 is 1. The van der Waals surface area contributed by atoms with Gasteiger partial charge in [0.15, 0.2) is 11.5 Å². The molecule has 2 heterocycles. The fourth-order valence-electron chi connectivity index (χ4n) is 3.73. The standard InChI is InChI=1S/C22H24N2O5/c1-27-22(26)16-5-2-4-15(12-16)21(25)24-9-3-6-18(14-24)23-17-7-8-19-20(13-17)29-11-10-28-19/h2,4-5,7-8,12-13,18,23H,3,6,9-11,14H2,1H3/t18-/m1/s1. The van der Waals surface area contributed by atoms with E-state index in [0.717, 1.165) is 30.0 Å². The van der Waals surface area contributed by atoms with Crippen LogP contribution in [0.15, 0.2) is 42.5 Å². The monoisotopic (exact) mass is 396 g/mol. The van der Waals surface area contributed by atoms with Crippen molar-refractivity contribution in [2.45, 2.75) is 18.9 Å². The Morgan fingerprint density at radius 2 is 1.86 bits per heavy atom. The molecular formula is C22H24N2O5. The van der Waals surface area contributed by atoms with Crippen molar-refractivity contribution in [3.8, 4) is 11.5 Å². The van der Waals surface area contributed by atoms with Gasteiger partial charge in [-0.15, -0.1) is 0 Å². The van der Waals surface area contributed by atoms with Gasteiger partial charge in [0.1, 0.15) is 13.2 Å². The molecule has 1 saturated heterocycles. The summed E-state index contributed by atoms with van der Waals surface area (Å²) in [6.45, 7) is 2.40. The Bertz CT molecular complexity index is 914. The van der Waals surface area contributed by atoms with Gasteiger partial charge in [-0.05, 0) is 43.2 Å². The van der Waals surface area contributed by atoms with Gasteiger partial charge in [-0.1, -0.05) is 6.07 Å². The average molecular weight is 396 g/mol. The third-order valence-electron chi connectivity index (χ3n) is 5.15. The molecule has 7 nitrogen and oxygen atoms in total. The Morgan fingerprint density at radius 3 is 2.69 bits per heavy atom. The first-order valence-corrected chi connectivity index (χ1v) is 9.78. The van der Waals surface area contributed by atoms with Crippen LogP contribution in [0.2, 0.25) is 0 Å². The van der Waals surface area contributed by atoms with Crippen LogP contribution in [0.1, 0.15) is 33.6 Å².